The normalized spacial score (nSPS) is 15.0. The van der Waals surface area contributed by atoms with Gasteiger partial charge in [0, 0.05) is 0 Å². The Morgan fingerprint density at radius 1 is 1.48 bits per heavy atom. The molecule has 0 saturated heterocycles. The van der Waals surface area contributed by atoms with E-state index in [1.165, 1.54) is 6.92 Å². The monoisotopic (exact) mass is 292 g/mol. The number of rotatable bonds is 4. The number of aliphatic carboxylic acids is 1. The molecule has 0 saturated carbocycles. The van der Waals surface area contributed by atoms with Crippen LogP contribution in [0.15, 0.2) is 18.2 Å². The maximum Gasteiger partial charge on any atom is 0.331 e. The number of carbonyl (C=O) groups excluding carboxylic acids is 2. The molecule has 1 atom stereocenters. The van der Waals surface area contributed by atoms with Crippen LogP contribution in [0.2, 0.25) is 0 Å². The molecule has 2 N–H and O–H groups in total. The van der Waals surface area contributed by atoms with Gasteiger partial charge in [0.05, 0.1) is 12.2 Å². The summed E-state index contributed by atoms with van der Waals surface area (Å²) in [6, 6.07) is 4.36. The Morgan fingerprint density at radius 3 is 2.86 bits per heavy atom. The number of anilines is 1. The average Bonchev–Trinajstić information content (AvgIpc) is 2.37. The number of benzene rings is 1. The lowest BCUT2D eigenvalue weighted by molar-refractivity contribution is -0.141. The van der Waals surface area contributed by atoms with Crippen molar-refractivity contribution in [2.24, 2.45) is 0 Å². The molecule has 1 aromatic carbocycles. The third-order valence-electron chi connectivity index (χ3n) is 3.08. The van der Waals surface area contributed by atoms with Crippen LogP contribution in [0.4, 0.5) is 5.69 Å². The summed E-state index contributed by atoms with van der Waals surface area (Å²) in [7, 11) is 0. The second kappa shape index (κ2) is 5.82. The zero-order valence-electron chi connectivity index (χ0n) is 11.8. The predicted octanol–water partition coefficient (Wildman–Crippen LogP) is 0.310. The van der Waals surface area contributed by atoms with Crippen LogP contribution in [-0.4, -0.2) is 42.1 Å². The van der Waals surface area contributed by atoms with Crippen molar-refractivity contribution in [2.75, 3.05) is 18.0 Å². The molecule has 7 nitrogen and oxygen atoms in total. The van der Waals surface area contributed by atoms with Crippen LogP contribution in [0.5, 0.6) is 5.75 Å². The van der Waals surface area contributed by atoms with Gasteiger partial charge < -0.3 is 20.1 Å². The Labute approximate surface area is 121 Å². The Kier molecular flexibility index (Phi) is 4.11. The van der Waals surface area contributed by atoms with Gasteiger partial charge >= 0.3 is 11.9 Å². The van der Waals surface area contributed by atoms with E-state index in [0.717, 1.165) is 5.56 Å². The number of carboxylic acid groups (broad SMARTS) is 1. The van der Waals surface area contributed by atoms with Gasteiger partial charge in [0.1, 0.15) is 12.6 Å². The van der Waals surface area contributed by atoms with Crippen LogP contribution in [0.25, 0.3) is 0 Å². The first-order valence-corrected chi connectivity index (χ1v) is 6.45. The van der Waals surface area contributed by atoms with E-state index in [0.29, 0.717) is 11.4 Å². The number of hydrogen-bond donors (Lipinski definition) is 2. The van der Waals surface area contributed by atoms with Crippen LogP contribution in [-0.2, 0) is 14.4 Å². The summed E-state index contributed by atoms with van der Waals surface area (Å²) < 4.78 is 5.14. The minimum atomic E-state index is -1.11. The molecule has 112 valence electrons. The van der Waals surface area contributed by atoms with Crippen LogP contribution in [0.1, 0.15) is 12.5 Å². The van der Waals surface area contributed by atoms with Crippen molar-refractivity contribution in [3.63, 3.8) is 0 Å². The van der Waals surface area contributed by atoms with Crippen molar-refractivity contribution < 1.29 is 24.2 Å². The van der Waals surface area contributed by atoms with E-state index in [-0.39, 0.29) is 13.1 Å². The number of nitrogens with one attached hydrogen (secondary N) is 1. The molecular formula is C14H16N2O5. The van der Waals surface area contributed by atoms with Gasteiger partial charge in [0.15, 0.2) is 5.75 Å². The van der Waals surface area contributed by atoms with E-state index in [1.54, 1.807) is 17.0 Å². The first-order chi connectivity index (χ1) is 9.86. The Morgan fingerprint density at radius 2 is 2.19 bits per heavy atom. The lowest BCUT2D eigenvalue weighted by Crippen LogP contribution is -2.47. The van der Waals surface area contributed by atoms with Crippen molar-refractivity contribution >= 4 is 23.5 Å². The first-order valence-electron chi connectivity index (χ1n) is 6.45. The van der Waals surface area contributed by atoms with Crippen molar-refractivity contribution in [2.45, 2.75) is 19.9 Å². The summed E-state index contributed by atoms with van der Waals surface area (Å²) in [5.74, 6) is -1.62. The number of carboxylic acids is 1. The highest BCUT2D eigenvalue weighted by molar-refractivity contribution is 5.90. The summed E-state index contributed by atoms with van der Waals surface area (Å²) in [6.07, 6.45) is 0. The zero-order valence-corrected chi connectivity index (χ0v) is 11.8. The number of amides is 1. The Bertz CT molecular complexity index is 599. The van der Waals surface area contributed by atoms with Gasteiger partial charge in [-0.1, -0.05) is 6.07 Å². The second-order valence-electron chi connectivity index (χ2n) is 4.93. The van der Waals surface area contributed by atoms with Gasteiger partial charge in [-0.05, 0) is 31.5 Å². The molecule has 1 aliphatic rings. The fraction of sp³-hybridized carbons (Fsp3) is 0.357. The number of hydrogen-bond acceptors (Lipinski definition) is 5. The van der Waals surface area contributed by atoms with Gasteiger partial charge in [0.2, 0.25) is 5.91 Å². The topological polar surface area (TPSA) is 95.9 Å². The van der Waals surface area contributed by atoms with Crippen molar-refractivity contribution in [1.29, 1.82) is 0 Å². The minimum Gasteiger partial charge on any atom is -0.480 e. The lowest BCUT2D eigenvalue weighted by atomic mass is 10.1. The lowest BCUT2D eigenvalue weighted by Gasteiger charge is -2.29. The number of esters is 1. The van der Waals surface area contributed by atoms with E-state index in [1.807, 2.05) is 13.0 Å². The largest absolute Gasteiger partial charge is 0.480 e. The fourth-order valence-electron chi connectivity index (χ4n) is 2.02. The molecule has 1 amide bonds. The van der Waals surface area contributed by atoms with Gasteiger partial charge in [-0.2, -0.15) is 0 Å². The third kappa shape index (κ3) is 3.50. The highest BCUT2D eigenvalue weighted by atomic mass is 16.5. The molecular weight excluding hydrogens is 276 g/mol. The summed E-state index contributed by atoms with van der Waals surface area (Å²) in [5.41, 5.74) is 1.57. The van der Waals surface area contributed by atoms with E-state index in [2.05, 4.69) is 5.32 Å². The molecule has 1 aliphatic heterocycles. The molecule has 0 spiro atoms. The highest BCUT2D eigenvalue weighted by Gasteiger charge is 2.26. The number of aryl methyl sites for hydroxylation is 1. The molecule has 1 unspecified atom stereocenters. The van der Waals surface area contributed by atoms with Crippen LogP contribution < -0.4 is 15.0 Å². The second-order valence-corrected chi connectivity index (χ2v) is 4.93. The Hall–Kier alpha value is -2.57. The minimum absolute atomic E-state index is 0.0507. The highest BCUT2D eigenvalue weighted by Crippen LogP contribution is 2.32. The average molecular weight is 292 g/mol. The van der Waals surface area contributed by atoms with Crippen molar-refractivity contribution in [3.05, 3.63) is 23.8 Å². The number of nitrogens with zero attached hydrogens (tertiary/aromatic N) is 1. The maximum absolute atomic E-state index is 11.8. The molecule has 0 aromatic heterocycles. The third-order valence-corrected chi connectivity index (χ3v) is 3.08. The molecule has 0 aliphatic carbocycles. The molecule has 2 rings (SSSR count). The van der Waals surface area contributed by atoms with E-state index >= 15 is 0 Å². The molecule has 0 radical (unpaired) electrons. The molecule has 0 fully saturated rings. The summed E-state index contributed by atoms with van der Waals surface area (Å²) in [4.78, 5) is 35.7. The van der Waals surface area contributed by atoms with Crippen LogP contribution >= 0.6 is 0 Å². The SMILES string of the molecule is Cc1ccc2c(c1)OC(=O)CN2CC(=O)NC(C)C(=O)O. The number of ether oxygens (including phenoxy) is 1. The van der Waals surface area contributed by atoms with Gasteiger partial charge in [-0.3, -0.25) is 9.59 Å². The molecule has 7 heteroatoms. The summed E-state index contributed by atoms with van der Waals surface area (Å²) in [5, 5.41) is 11.1. The smallest absolute Gasteiger partial charge is 0.331 e. The van der Waals surface area contributed by atoms with E-state index in [4.69, 9.17) is 9.84 Å². The standard InChI is InChI=1S/C14H16N2O5/c1-8-3-4-10-11(5-8)21-13(18)7-16(10)6-12(17)15-9(2)14(19)20/h3-5,9H,6-7H2,1-2H3,(H,15,17)(H,19,20). The summed E-state index contributed by atoms with van der Waals surface area (Å²) >= 11 is 0. The molecule has 1 aromatic rings. The maximum atomic E-state index is 11.8. The molecule has 0 bridgehead atoms. The van der Waals surface area contributed by atoms with Crippen LogP contribution in [0, 0.1) is 6.92 Å². The predicted molar refractivity (Wildman–Crippen MR) is 74.3 cm³/mol. The van der Waals surface area contributed by atoms with E-state index < -0.39 is 23.9 Å². The van der Waals surface area contributed by atoms with Gasteiger partial charge in [0.25, 0.3) is 0 Å². The Balaban J connectivity index is 2.12. The number of carbonyl (C=O) groups is 3. The summed E-state index contributed by atoms with van der Waals surface area (Å²) in [6.45, 7) is 3.09. The van der Waals surface area contributed by atoms with Crippen molar-refractivity contribution in [1.82, 2.24) is 5.32 Å². The van der Waals surface area contributed by atoms with Crippen LogP contribution in [0.3, 0.4) is 0 Å². The first kappa shape index (κ1) is 14.8. The quantitative estimate of drug-likeness (QED) is 0.612. The van der Waals surface area contributed by atoms with Crippen molar-refractivity contribution in [3.8, 4) is 5.75 Å². The zero-order chi connectivity index (χ0) is 15.6. The number of fused-ring (bicyclic) bond motifs is 1. The molecule has 1 heterocycles. The van der Waals surface area contributed by atoms with Gasteiger partial charge in [-0.15, -0.1) is 0 Å². The molecule has 21 heavy (non-hydrogen) atoms. The fourth-order valence-corrected chi connectivity index (χ4v) is 2.02. The van der Waals surface area contributed by atoms with Gasteiger partial charge in [-0.25, -0.2) is 4.79 Å². The van der Waals surface area contributed by atoms with E-state index in [9.17, 15) is 14.4 Å².